The minimum absolute atomic E-state index is 0.557. The van der Waals surface area contributed by atoms with Gasteiger partial charge in [0.1, 0.15) is 0 Å². The lowest BCUT2D eigenvalue weighted by Crippen LogP contribution is -2.16. The number of anilines is 1. The molecule has 0 saturated carbocycles. The molecule has 0 bridgehead atoms. The maximum atomic E-state index is 5.61. The largest absolute Gasteiger partial charge is 0.347 e. The van der Waals surface area contributed by atoms with Crippen molar-refractivity contribution in [1.29, 1.82) is 0 Å². The highest BCUT2D eigenvalue weighted by Crippen LogP contribution is 2.24. The number of benzene rings is 1. The molecular formula is C13H16BrN3S. The lowest BCUT2D eigenvalue weighted by atomic mass is 10.1. The third-order valence-corrected chi connectivity index (χ3v) is 4.41. The number of hydrogen-bond donors (Lipinski definition) is 1. The molecule has 0 fully saturated rings. The van der Waals surface area contributed by atoms with E-state index in [2.05, 4.69) is 58.0 Å². The van der Waals surface area contributed by atoms with Crippen LogP contribution in [0.25, 0.3) is 0 Å². The highest BCUT2D eigenvalue weighted by molar-refractivity contribution is 9.10. The lowest BCUT2D eigenvalue weighted by molar-refractivity contribution is 0.905. The Bertz CT molecular complexity index is 539. The number of aryl methyl sites for hydroxylation is 1. The Hall–Kier alpha value is -0.910. The van der Waals surface area contributed by atoms with E-state index in [0.717, 1.165) is 21.0 Å². The summed E-state index contributed by atoms with van der Waals surface area (Å²) in [6, 6.07) is 6.35. The van der Waals surface area contributed by atoms with Gasteiger partial charge in [-0.1, -0.05) is 22.0 Å². The Kier molecular flexibility index (Phi) is 4.37. The fraction of sp³-hybridized carbons (Fsp3) is 0.308. The Morgan fingerprint density at radius 3 is 2.89 bits per heavy atom. The number of hydrogen-bond acceptors (Lipinski definition) is 4. The van der Waals surface area contributed by atoms with Gasteiger partial charge in [-0.2, -0.15) is 0 Å². The first-order valence-corrected chi connectivity index (χ1v) is 7.32. The second kappa shape index (κ2) is 5.82. The summed E-state index contributed by atoms with van der Waals surface area (Å²) in [5.41, 5.74) is 8.20. The van der Waals surface area contributed by atoms with Crippen molar-refractivity contribution in [2.45, 2.75) is 20.0 Å². The number of rotatable bonds is 4. The lowest BCUT2D eigenvalue weighted by Gasteiger charge is -2.17. The number of nitrogens with two attached hydrogens (primary N) is 1. The second-order valence-corrected chi connectivity index (χ2v) is 6.25. The molecule has 1 aromatic carbocycles. The molecule has 1 aromatic heterocycles. The van der Waals surface area contributed by atoms with Gasteiger partial charge in [0.05, 0.1) is 0 Å². The fourth-order valence-electron chi connectivity index (χ4n) is 1.70. The van der Waals surface area contributed by atoms with Gasteiger partial charge in [-0.25, -0.2) is 4.98 Å². The van der Waals surface area contributed by atoms with Gasteiger partial charge in [0.2, 0.25) is 0 Å². The molecule has 5 heteroatoms. The third-order valence-electron chi connectivity index (χ3n) is 2.79. The van der Waals surface area contributed by atoms with Crippen LogP contribution in [0.3, 0.4) is 0 Å². The van der Waals surface area contributed by atoms with Crippen LogP contribution in [0.1, 0.15) is 16.0 Å². The van der Waals surface area contributed by atoms with E-state index in [1.54, 1.807) is 11.3 Å². The topological polar surface area (TPSA) is 42.2 Å². The van der Waals surface area contributed by atoms with Gasteiger partial charge in [0.15, 0.2) is 5.13 Å². The van der Waals surface area contributed by atoms with E-state index in [-0.39, 0.29) is 0 Å². The first kappa shape index (κ1) is 13.5. The zero-order valence-corrected chi connectivity index (χ0v) is 12.9. The van der Waals surface area contributed by atoms with Crippen molar-refractivity contribution < 1.29 is 0 Å². The molecule has 3 nitrogen and oxygen atoms in total. The van der Waals surface area contributed by atoms with E-state index in [0.29, 0.717) is 6.54 Å². The number of aromatic nitrogens is 1. The highest BCUT2D eigenvalue weighted by Gasteiger charge is 2.08. The summed E-state index contributed by atoms with van der Waals surface area (Å²) >= 11 is 5.16. The van der Waals surface area contributed by atoms with E-state index in [1.165, 1.54) is 11.1 Å². The van der Waals surface area contributed by atoms with E-state index in [1.807, 2.05) is 6.20 Å². The standard InChI is InChI=1S/C13H16BrN3S/c1-9-3-4-11(14)5-10(9)8-17(2)13-16-7-12(6-15)18-13/h3-5,7H,6,8,15H2,1-2H3. The monoisotopic (exact) mass is 325 g/mol. The first-order chi connectivity index (χ1) is 8.60. The van der Waals surface area contributed by atoms with Crippen molar-refractivity contribution in [3.63, 3.8) is 0 Å². The van der Waals surface area contributed by atoms with E-state index in [4.69, 9.17) is 5.73 Å². The Morgan fingerprint density at radius 2 is 2.22 bits per heavy atom. The van der Waals surface area contributed by atoms with Crippen LogP contribution >= 0.6 is 27.3 Å². The molecule has 1 heterocycles. The molecule has 18 heavy (non-hydrogen) atoms. The summed E-state index contributed by atoms with van der Waals surface area (Å²) in [5, 5.41) is 1.01. The average Bonchev–Trinajstić information content (AvgIpc) is 2.82. The number of thiazole rings is 1. The molecule has 0 saturated heterocycles. The predicted octanol–water partition coefficient (Wildman–Crippen LogP) is 3.31. The van der Waals surface area contributed by atoms with E-state index >= 15 is 0 Å². The van der Waals surface area contributed by atoms with Gasteiger partial charge in [0.25, 0.3) is 0 Å². The summed E-state index contributed by atoms with van der Waals surface area (Å²) in [5.74, 6) is 0. The molecule has 0 radical (unpaired) electrons. The predicted molar refractivity (Wildman–Crippen MR) is 81.0 cm³/mol. The molecule has 2 rings (SSSR count). The zero-order chi connectivity index (χ0) is 13.1. The number of nitrogens with zero attached hydrogens (tertiary/aromatic N) is 2. The third kappa shape index (κ3) is 3.10. The molecule has 0 atom stereocenters. The van der Waals surface area contributed by atoms with Crippen LogP contribution < -0.4 is 10.6 Å². The summed E-state index contributed by atoms with van der Waals surface area (Å²) in [6.45, 7) is 3.53. The highest BCUT2D eigenvalue weighted by atomic mass is 79.9. The van der Waals surface area contributed by atoms with Gasteiger partial charge in [-0.15, -0.1) is 11.3 Å². The maximum Gasteiger partial charge on any atom is 0.185 e. The molecule has 0 aliphatic heterocycles. The minimum atomic E-state index is 0.557. The summed E-state index contributed by atoms with van der Waals surface area (Å²) < 4.78 is 1.11. The van der Waals surface area contributed by atoms with Gasteiger partial charge >= 0.3 is 0 Å². The van der Waals surface area contributed by atoms with Crippen LogP contribution in [0.4, 0.5) is 5.13 Å². The molecule has 0 amide bonds. The van der Waals surface area contributed by atoms with Crippen LogP contribution in [0, 0.1) is 6.92 Å². The van der Waals surface area contributed by atoms with Crippen LogP contribution in [-0.2, 0) is 13.1 Å². The molecule has 2 aromatic rings. The van der Waals surface area contributed by atoms with Gasteiger partial charge in [-0.05, 0) is 30.2 Å². The van der Waals surface area contributed by atoms with Crippen LogP contribution in [-0.4, -0.2) is 12.0 Å². The van der Waals surface area contributed by atoms with Gasteiger partial charge < -0.3 is 10.6 Å². The minimum Gasteiger partial charge on any atom is -0.347 e. The van der Waals surface area contributed by atoms with E-state index in [9.17, 15) is 0 Å². The van der Waals surface area contributed by atoms with E-state index < -0.39 is 0 Å². The van der Waals surface area contributed by atoms with Gasteiger partial charge in [0, 0.05) is 35.7 Å². The number of halogens is 1. The van der Waals surface area contributed by atoms with Gasteiger partial charge in [-0.3, -0.25) is 0 Å². The first-order valence-electron chi connectivity index (χ1n) is 5.71. The molecule has 0 spiro atoms. The van der Waals surface area contributed by atoms with Crippen molar-refractivity contribution in [2.24, 2.45) is 5.73 Å². The molecule has 0 aliphatic rings. The smallest absolute Gasteiger partial charge is 0.185 e. The Balaban J connectivity index is 2.15. The molecular weight excluding hydrogens is 310 g/mol. The van der Waals surface area contributed by atoms with Crippen molar-refractivity contribution in [1.82, 2.24) is 4.98 Å². The molecule has 0 aliphatic carbocycles. The van der Waals surface area contributed by atoms with Crippen LogP contribution in [0.2, 0.25) is 0 Å². The molecule has 96 valence electrons. The second-order valence-electron chi connectivity index (χ2n) is 4.24. The fourth-order valence-corrected chi connectivity index (χ4v) is 2.86. The Labute approximate surface area is 120 Å². The quantitative estimate of drug-likeness (QED) is 0.937. The average molecular weight is 326 g/mol. The summed E-state index contributed by atoms with van der Waals surface area (Å²) in [7, 11) is 2.06. The summed E-state index contributed by atoms with van der Waals surface area (Å²) in [4.78, 5) is 7.65. The summed E-state index contributed by atoms with van der Waals surface area (Å²) in [6.07, 6.45) is 1.85. The van der Waals surface area contributed by atoms with Crippen molar-refractivity contribution in [3.8, 4) is 0 Å². The van der Waals surface area contributed by atoms with Crippen molar-refractivity contribution >= 4 is 32.4 Å². The van der Waals surface area contributed by atoms with Crippen LogP contribution in [0.15, 0.2) is 28.9 Å². The van der Waals surface area contributed by atoms with Crippen molar-refractivity contribution in [2.75, 3.05) is 11.9 Å². The maximum absolute atomic E-state index is 5.61. The van der Waals surface area contributed by atoms with Crippen molar-refractivity contribution in [3.05, 3.63) is 44.9 Å². The SMILES string of the molecule is Cc1ccc(Br)cc1CN(C)c1ncc(CN)s1. The zero-order valence-electron chi connectivity index (χ0n) is 10.5. The molecule has 0 unspecified atom stereocenters. The Morgan fingerprint density at radius 1 is 1.44 bits per heavy atom. The normalized spacial score (nSPS) is 10.7. The van der Waals surface area contributed by atoms with Crippen LogP contribution in [0.5, 0.6) is 0 Å². The molecule has 2 N–H and O–H groups in total.